The number of amides is 1. The van der Waals surface area contributed by atoms with Gasteiger partial charge >= 0.3 is 0 Å². The third-order valence-electron chi connectivity index (χ3n) is 2.77. The SMILES string of the molecule is C=CCNC(=O)COc1ccc(OC)cc1CNC(C)C. The van der Waals surface area contributed by atoms with Crippen molar-refractivity contribution < 1.29 is 14.3 Å². The Morgan fingerprint density at radius 3 is 2.81 bits per heavy atom. The normalized spacial score (nSPS) is 10.3. The van der Waals surface area contributed by atoms with E-state index in [1.807, 2.05) is 18.2 Å². The van der Waals surface area contributed by atoms with Crippen LogP contribution in [0.3, 0.4) is 0 Å². The number of hydrogen-bond donors (Lipinski definition) is 2. The molecule has 0 heterocycles. The largest absolute Gasteiger partial charge is 0.497 e. The van der Waals surface area contributed by atoms with Crippen molar-refractivity contribution in [2.24, 2.45) is 0 Å². The molecule has 1 aromatic carbocycles. The molecule has 0 aliphatic carbocycles. The number of nitrogens with one attached hydrogen (secondary N) is 2. The summed E-state index contributed by atoms with van der Waals surface area (Å²) in [6, 6.07) is 5.90. The zero-order chi connectivity index (χ0) is 15.7. The Labute approximate surface area is 126 Å². The molecule has 0 unspecified atom stereocenters. The van der Waals surface area contributed by atoms with Crippen molar-refractivity contribution in [3.05, 3.63) is 36.4 Å². The first kappa shape index (κ1) is 17.0. The van der Waals surface area contributed by atoms with Crippen LogP contribution in [0.2, 0.25) is 0 Å². The van der Waals surface area contributed by atoms with Crippen LogP contribution in [-0.4, -0.2) is 32.2 Å². The van der Waals surface area contributed by atoms with E-state index >= 15 is 0 Å². The molecule has 0 spiro atoms. The highest BCUT2D eigenvalue weighted by Gasteiger charge is 2.08. The van der Waals surface area contributed by atoms with Gasteiger partial charge in [0.05, 0.1) is 7.11 Å². The van der Waals surface area contributed by atoms with Crippen LogP contribution >= 0.6 is 0 Å². The molecular formula is C16H24N2O3. The molecule has 116 valence electrons. The van der Waals surface area contributed by atoms with Crippen molar-refractivity contribution in [3.8, 4) is 11.5 Å². The molecule has 0 saturated heterocycles. The Balaban J connectivity index is 2.70. The second-order valence-electron chi connectivity index (χ2n) is 4.89. The van der Waals surface area contributed by atoms with Crippen LogP contribution in [0, 0.1) is 0 Å². The summed E-state index contributed by atoms with van der Waals surface area (Å²) in [6.45, 7) is 8.76. The fraction of sp³-hybridized carbons (Fsp3) is 0.438. The monoisotopic (exact) mass is 292 g/mol. The smallest absolute Gasteiger partial charge is 0.258 e. The predicted octanol–water partition coefficient (Wildman–Crippen LogP) is 1.87. The molecule has 1 amide bonds. The van der Waals surface area contributed by atoms with Gasteiger partial charge in [-0.25, -0.2) is 0 Å². The Hall–Kier alpha value is -2.01. The highest BCUT2D eigenvalue weighted by molar-refractivity contribution is 5.77. The molecule has 2 N–H and O–H groups in total. The van der Waals surface area contributed by atoms with Gasteiger partial charge in [-0.3, -0.25) is 4.79 Å². The minimum atomic E-state index is -0.173. The van der Waals surface area contributed by atoms with E-state index in [1.165, 1.54) is 0 Å². The topological polar surface area (TPSA) is 59.6 Å². The number of hydrogen-bond acceptors (Lipinski definition) is 4. The van der Waals surface area contributed by atoms with Gasteiger partial charge < -0.3 is 20.1 Å². The second kappa shape index (κ2) is 9.02. The number of ether oxygens (including phenoxy) is 2. The van der Waals surface area contributed by atoms with Crippen molar-refractivity contribution in [1.82, 2.24) is 10.6 Å². The van der Waals surface area contributed by atoms with Gasteiger partial charge in [0, 0.05) is 24.7 Å². The molecule has 1 rings (SSSR count). The standard InChI is InChI=1S/C16H24N2O3/c1-5-8-17-16(19)11-21-15-7-6-14(20-4)9-13(15)10-18-12(2)3/h5-7,9,12,18H,1,8,10-11H2,2-4H3,(H,17,19). The number of rotatable bonds is 9. The van der Waals surface area contributed by atoms with Crippen LogP contribution in [-0.2, 0) is 11.3 Å². The first-order valence-corrected chi connectivity index (χ1v) is 6.97. The van der Waals surface area contributed by atoms with E-state index in [1.54, 1.807) is 13.2 Å². The Morgan fingerprint density at radius 2 is 2.19 bits per heavy atom. The lowest BCUT2D eigenvalue weighted by Gasteiger charge is -2.14. The van der Waals surface area contributed by atoms with E-state index in [2.05, 4.69) is 31.1 Å². The summed E-state index contributed by atoms with van der Waals surface area (Å²) in [5.74, 6) is 1.27. The zero-order valence-corrected chi connectivity index (χ0v) is 12.9. The van der Waals surface area contributed by atoms with Gasteiger partial charge in [0.2, 0.25) is 0 Å². The van der Waals surface area contributed by atoms with E-state index in [0.717, 1.165) is 11.3 Å². The maximum absolute atomic E-state index is 11.6. The molecule has 21 heavy (non-hydrogen) atoms. The summed E-state index contributed by atoms with van der Waals surface area (Å²) in [5.41, 5.74) is 0.958. The first-order chi connectivity index (χ1) is 10.1. The average Bonchev–Trinajstić information content (AvgIpc) is 2.48. The summed E-state index contributed by atoms with van der Waals surface area (Å²) >= 11 is 0. The highest BCUT2D eigenvalue weighted by Crippen LogP contribution is 2.24. The van der Waals surface area contributed by atoms with Gasteiger partial charge in [-0.05, 0) is 18.2 Å². The van der Waals surface area contributed by atoms with Crippen molar-refractivity contribution in [3.63, 3.8) is 0 Å². The number of carbonyl (C=O) groups is 1. The summed E-state index contributed by atoms with van der Waals surface area (Å²) in [7, 11) is 1.62. The van der Waals surface area contributed by atoms with Gasteiger partial charge in [-0.1, -0.05) is 19.9 Å². The quantitative estimate of drug-likeness (QED) is 0.682. The minimum absolute atomic E-state index is 0.0190. The minimum Gasteiger partial charge on any atom is -0.497 e. The Bertz CT molecular complexity index is 473. The Kier molecular flexibility index (Phi) is 7.32. The van der Waals surface area contributed by atoms with Gasteiger partial charge in [0.25, 0.3) is 5.91 Å². The van der Waals surface area contributed by atoms with Gasteiger partial charge in [0.1, 0.15) is 11.5 Å². The van der Waals surface area contributed by atoms with E-state index in [4.69, 9.17) is 9.47 Å². The third kappa shape index (κ3) is 6.31. The number of methoxy groups -OCH3 is 1. The van der Waals surface area contributed by atoms with Crippen molar-refractivity contribution in [2.75, 3.05) is 20.3 Å². The third-order valence-corrected chi connectivity index (χ3v) is 2.77. The summed E-state index contributed by atoms with van der Waals surface area (Å²) in [6.07, 6.45) is 1.63. The molecule has 1 aromatic rings. The molecule has 0 bridgehead atoms. The van der Waals surface area contributed by atoms with Crippen molar-refractivity contribution >= 4 is 5.91 Å². The number of benzene rings is 1. The zero-order valence-electron chi connectivity index (χ0n) is 12.9. The predicted molar refractivity (Wildman–Crippen MR) is 83.7 cm³/mol. The lowest BCUT2D eigenvalue weighted by molar-refractivity contribution is -0.122. The fourth-order valence-electron chi connectivity index (χ4n) is 1.66. The molecule has 0 fully saturated rings. The van der Waals surface area contributed by atoms with Crippen molar-refractivity contribution in [1.29, 1.82) is 0 Å². The maximum Gasteiger partial charge on any atom is 0.258 e. The van der Waals surface area contributed by atoms with Crippen LogP contribution < -0.4 is 20.1 Å². The maximum atomic E-state index is 11.6. The molecule has 0 aliphatic rings. The van der Waals surface area contributed by atoms with Crippen LogP contribution in [0.15, 0.2) is 30.9 Å². The highest BCUT2D eigenvalue weighted by atomic mass is 16.5. The molecule has 0 aliphatic heterocycles. The van der Waals surface area contributed by atoms with Crippen molar-refractivity contribution in [2.45, 2.75) is 26.4 Å². The summed E-state index contributed by atoms with van der Waals surface area (Å²) in [4.78, 5) is 11.6. The van der Waals surface area contributed by atoms with Crippen LogP contribution in [0.4, 0.5) is 0 Å². The number of carbonyl (C=O) groups excluding carboxylic acids is 1. The molecule has 0 radical (unpaired) electrons. The lowest BCUT2D eigenvalue weighted by atomic mass is 10.1. The lowest BCUT2D eigenvalue weighted by Crippen LogP contribution is -2.29. The fourth-order valence-corrected chi connectivity index (χ4v) is 1.66. The average molecular weight is 292 g/mol. The Morgan fingerprint density at radius 1 is 1.43 bits per heavy atom. The second-order valence-corrected chi connectivity index (χ2v) is 4.89. The van der Waals surface area contributed by atoms with E-state index in [9.17, 15) is 4.79 Å². The van der Waals surface area contributed by atoms with E-state index in [-0.39, 0.29) is 12.5 Å². The molecule has 0 saturated carbocycles. The van der Waals surface area contributed by atoms with Crippen LogP contribution in [0.1, 0.15) is 19.4 Å². The molecule has 5 nitrogen and oxygen atoms in total. The molecule has 0 atom stereocenters. The van der Waals surface area contributed by atoms with Gasteiger partial charge in [-0.15, -0.1) is 6.58 Å². The molecule has 5 heteroatoms. The molecule has 0 aromatic heterocycles. The van der Waals surface area contributed by atoms with Gasteiger partial charge in [-0.2, -0.15) is 0 Å². The van der Waals surface area contributed by atoms with E-state index < -0.39 is 0 Å². The first-order valence-electron chi connectivity index (χ1n) is 6.97. The van der Waals surface area contributed by atoms with E-state index in [0.29, 0.717) is 24.9 Å². The van der Waals surface area contributed by atoms with Crippen LogP contribution in [0.25, 0.3) is 0 Å². The molecular weight excluding hydrogens is 268 g/mol. The van der Waals surface area contributed by atoms with Crippen LogP contribution in [0.5, 0.6) is 11.5 Å². The summed E-state index contributed by atoms with van der Waals surface area (Å²) < 4.78 is 10.8. The van der Waals surface area contributed by atoms with Gasteiger partial charge in [0.15, 0.2) is 6.61 Å². The summed E-state index contributed by atoms with van der Waals surface area (Å²) in [5, 5.41) is 6.00.